The summed E-state index contributed by atoms with van der Waals surface area (Å²) in [7, 11) is 0. The lowest BCUT2D eigenvalue weighted by Crippen LogP contribution is -2.01. The van der Waals surface area contributed by atoms with Gasteiger partial charge >= 0.3 is 0 Å². The summed E-state index contributed by atoms with van der Waals surface area (Å²) in [5.74, 6) is 0.172. The summed E-state index contributed by atoms with van der Waals surface area (Å²) in [6, 6.07) is 3.76. The van der Waals surface area contributed by atoms with Crippen LogP contribution in [0, 0.1) is 0 Å². The second-order valence-corrected chi connectivity index (χ2v) is 3.78. The number of nitrogens with zero attached hydrogens (tertiary/aromatic N) is 2. The van der Waals surface area contributed by atoms with Crippen LogP contribution in [0.5, 0.6) is 0 Å². The minimum absolute atomic E-state index is 0.172. The SMILES string of the molecule is CCC(=O)c1sccc1-n1cccn1. The van der Waals surface area contributed by atoms with Crippen LogP contribution in [0.4, 0.5) is 0 Å². The fraction of sp³-hybridized carbons (Fsp3) is 0.200. The third-order valence-corrected chi connectivity index (χ3v) is 2.91. The van der Waals surface area contributed by atoms with E-state index in [1.54, 1.807) is 10.9 Å². The molecule has 2 aromatic rings. The zero-order chi connectivity index (χ0) is 9.97. The molecule has 72 valence electrons. The van der Waals surface area contributed by atoms with Gasteiger partial charge in [-0.2, -0.15) is 5.10 Å². The van der Waals surface area contributed by atoms with Crippen LogP contribution in [0.3, 0.4) is 0 Å². The van der Waals surface area contributed by atoms with E-state index in [-0.39, 0.29) is 5.78 Å². The lowest BCUT2D eigenvalue weighted by atomic mass is 10.2. The summed E-state index contributed by atoms with van der Waals surface area (Å²) in [6.45, 7) is 1.87. The Bertz CT molecular complexity index is 431. The molecule has 0 unspecified atom stereocenters. The molecule has 0 N–H and O–H groups in total. The Balaban J connectivity index is 2.45. The summed E-state index contributed by atoms with van der Waals surface area (Å²) < 4.78 is 1.72. The Morgan fingerprint density at radius 1 is 1.64 bits per heavy atom. The van der Waals surface area contributed by atoms with Gasteiger partial charge in [0.2, 0.25) is 0 Å². The average molecular weight is 206 g/mol. The summed E-state index contributed by atoms with van der Waals surface area (Å²) >= 11 is 1.47. The van der Waals surface area contributed by atoms with E-state index in [9.17, 15) is 4.79 Å². The molecule has 0 bridgehead atoms. The zero-order valence-electron chi connectivity index (χ0n) is 7.80. The van der Waals surface area contributed by atoms with E-state index < -0.39 is 0 Å². The molecule has 2 rings (SSSR count). The van der Waals surface area contributed by atoms with Gasteiger partial charge in [-0.15, -0.1) is 11.3 Å². The molecule has 0 fully saturated rings. The number of ketones is 1. The molecule has 4 heteroatoms. The van der Waals surface area contributed by atoms with Gasteiger partial charge < -0.3 is 0 Å². The van der Waals surface area contributed by atoms with Gasteiger partial charge in [0.25, 0.3) is 0 Å². The Kier molecular flexibility index (Phi) is 2.45. The smallest absolute Gasteiger partial charge is 0.174 e. The molecular formula is C10H10N2OS. The fourth-order valence-corrected chi connectivity index (χ4v) is 2.15. The van der Waals surface area contributed by atoms with Crippen molar-refractivity contribution in [3.05, 3.63) is 34.8 Å². The van der Waals surface area contributed by atoms with Crippen LogP contribution in [0.1, 0.15) is 23.0 Å². The van der Waals surface area contributed by atoms with Gasteiger partial charge in [-0.05, 0) is 17.5 Å². The highest BCUT2D eigenvalue weighted by molar-refractivity contribution is 7.12. The van der Waals surface area contributed by atoms with Gasteiger partial charge in [-0.25, -0.2) is 4.68 Å². The minimum Gasteiger partial charge on any atom is -0.293 e. The van der Waals surface area contributed by atoms with Gasteiger partial charge in [-0.3, -0.25) is 4.79 Å². The van der Waals surface area contributed by atoms with Crippen molar-refractivity contribution in [3.63, 3.8) is 0 Å². The van der Waals surface area contributed by atoms with E-state index >= 15 is 0 Å². The zero-order valence-corrected chi connectivity index (χ0v) is 8.62. The predicted octanol–water partition coefficient (Wildman–Crippen LogP) is 2.53. The third kappa shape index (κ3) is 1.48. The molecule has 2 aromatic heterocycles. The van der Waals surface area contributed by atoms with E-state index in [2.05, 4.69) is 5.10 Å². The van der Waals surface area contributed by atoms with Crippen molar-refractivity contribution in [1.82, 2.24) is 9.78 Å². The highest BCUT2D eigenvalue weighted by atomic mass is 32.1. The Labute approximate surface area is 86.0 Å². The summed E-state index contributed by atoms with van der Waals surface area (Å²) in [5, 5.41) is 6.02. The first kappa shape index (κ1) is 9.15. The van der Waals surface area contributed by atoms with Gasteiger partial charge in [-0.1, -0.05) is 6.92 Å². The van der Waals surface area contributed by atoms with E-state index in [1.165, 1.54) is 11.3 Å². The topological polar surface area (TPSA) is 34.9 Å². The summed E-state index contributed by atoms with van der Waals surface area (Å²) in [6.07, 6.45) is 4.08. The van der Waals surface area contributed by atoms with Crippen LogP contribution >= 0.6 is 11.3 Å². The third-order valence-electron chi connectivity index (χ3n) is 1.97. The van der Waals surface area contributed by atoms with Crippen molar-refractivity contribution in [1.29, 1.82) is 0 Å². The highest BCUT2D eigenvalue weighted by Gasteiger charge is 2.12. The number of rotatable bonds is 3. The van der Waals surface area contributed by atoms with Crippen molar-refractivity contribution in [2.75, 3.05) is 0 Å². The molecule has 0 atom stereocenters. The maximum Gasteiger partial charge on any atom is 0.174 e. The number of carbonyl (C=O) groups excluding carboxylic acids is 1. The first-order chi connectivity index (χ1) is 6.83. The standard InChI is InChI=1S/C10H10N2OS/c1-2-9(13)10-8(4-7-14-10)12-6-3-5-11-12/h3-7H,2H2,1H3. The van der Waals surface area contributed by atoms with Crippen LogP contribution in [0.15, 0.2) is 29.9 Å². The average Bonchev–Trinajstić information content (AvgIpc) is 2.85. The van der Waals surface area contributed by atoms with Crippen molar-refractivity contribution < 1.29 is 4.79 Å². The molecule has 0 amide bonds. The molecule has 0 aromatic carbocycles. The molecule has 2 heterocycles. The molecule has 0 spiro atoms. The maximum absolute atomic E-state index is 11.6. The number of aromatic nitrogens is 2. The molecule has 0 saturated heterocycles. The number of thiophene rings is 1. The van der Waals surface area contributed by atoms with Crippen LogP contribution in [0.2, 0.25) is 0 Å². The van der Waals surface area contributed by atoms with Crippen molar-refractivity contribution in [2.24, 2.45) is 0 Å². The molecule has 14 heavy (non-hydrogen) atoms. The second-order valence-electron chi connectivity index (χ2n) is 2.86. The number of hydrogen-bond acceptors (Lipinski definition) is 3. The van der Waals surface area contributed by atoms with Gasteiger partial charge in [0.05, 0.1) is 10.6 Å². The van der Waals surface area contributed by atoms with Gasteiger partial charge in [0.15, 0.2) is 5.78 Å². The van der Waals surface area contributed by atoms with Crippen molar-refractivity contribution in [2.45, 2.75) is 13.3 Å². The van der Waals surface area contributed by atoms with Crippen LogP contribution in [-0.2, 0) is 0 Å². The maximum atomic E-state index is 11.6. The number of carbonyl (C=O) groups is 1. The summed E-state index contributed by atoms with van der Waals surface area (Å²) in [5.41, 5.74) is 0.881. The second kappa shape index (κ2) is 3.75. The van der Waals surface area contributed by atoms with Crippen molar-refractivity contribution in [3.8, 4) is 5.69 Å². The molecule has 0 saturated carbocycles. The number of Topliss-reactive ketones (excluding diaryl/α,β-unsaturated/α-hetero) is 1. The molecule has 0 aliphatic carbocycles. The van der Waals surface area contributed by atoms with Crippen LogP contribution in [0.25, 0.3) is 5.69 Å². The van der Waals surface area contributed by atoms with Gasteiger partial charge in [0, 0.05) is 18.8 Å². The fourth-order valence-electron chi connectivity index (χ4n) is 1.26. The normalized spacial score (nSPS) is 10.4. The van der Waals surface area contributed by atoms with Crippen LogP contribution < -0.4 is 0 Å². The van der Waals surface area contributed by atoms with Crippen molar-refractivity contribution >= 4 is 17.1 Å². The first-order valence-corrected chi connectivity index (χ1v) is 5.31. The Morgan fingerprint density at radius 3 is 3.14 bits per heavy atom. The molecule has 0 radical (unpaired) electrons. The van der Waals surface area contributed by atoms with E-state index in [1.807, 2.05) is 30.6 Å². The van der Waals surface area contributed by atoms with Gasteiger partial charge in [0.1, 0.15) is 0 Å². The predicted molar refractivity (Wildman–Crippen MR) is 56.1 cm³/mol. The molecule has 3 nitrogen and oxygen atoms in total. The molecule has 0 aliphatic rings. The lowest BCUT2D eigenvalue weighted by Gasteiger charge is -2.00. The largest absolute Gasteiger partial charge is 0.293 e. The van der Waals surface area contributed by atoms with E-state index in [0.717, 1.165) is 10.6 Å². The first-order valence-electron chi connectivity index (χ1n) is 4.43. The molecule has 0 aliphatic heterocycles. The van der Waals surface area contributed by atoms with E-state index in [4.69, 9.17) is 0 Å². The molecular weight excluding hydrogens is 196 g/mol. The Hall–Kier alpha value is -1.42. The number of hydrogen-bond donors (Lipinski definition) is 0. The monoisotopic (exact) mass is 206 g/mol. The highest BCUT2D eigenvalue weighted by Crippen LogP contribution is 2.21. The summed E-state index contributed by atoms with van der Waals surface area (Å²) in [4.78, 5) is 12.3. The quantitative estimate of drug-likeness (QED) is 0.723. The van der Waals surface area contributed by atoms with E-state index in [0.29, 0.717) is 6.42 Å². The minimum atomic E-state index is 0.172. The van der Waals surface area contributed by atoms with Crippen LogP contribution in [-0.4, -0.2) is 15.6 Å². The lowest BCUT2D eigenvalue weighted by molar-refractivity contribution is 0.0992. The Morgan fingerprint density at radius 2 is 2.50 bits per heavy atom.